The Balaban J connectivity index is 1.66. The molecule has 8 heteroatoms. The van der Waals surface area contributed by atoms with Crippen molar-refractivity contribution in [3.8, 4) is 5.75 Å². The third kappa shape index (κ3) is 3.90. The van der Waals surface area contributed by atoms with E-state index in [2.05, 4.69) is 5.32 Å². The normalized spacial score (nSPS) is 12.4. The zero-order valence-electron chi connectivity index (χ0n) is 19.1. The van der Waals surface area contributed by atoms with E-state index in [0.717, 1.165) is 16.0 Å². The van der Waals surface area contributed by atoms with Crippen molar-refractivity contribution in [2.24, 2.45) is 0 Å². The molecule has 1 heterocycles. The van der Waals surface area contributed by atoms with Gasteiger partial charge in [-0.25, -0.2) is 9.69 Å². The lowest BCUT2D eigenvalue weighted by Crippen LogP contribution is -2.30. The number of carbonyl (C=O) groups is 4. The standard InChI is InChI=1S/C26H22N2O6/c1-14-5-6-15(2)22(11-14)28-24(30)18-9-7-16(12-19(18)25(28)31)23(29)27-21-10-8-17(33-3)13-20(21)26(32)34-4/h5-13H,1-4H3,(H,27,29). The molecule has 0 fully saturated rings. The number of nitrogens with one attached hydrogen (secondary N) is 1. The molecule has 172 valence electrons. The van der Waals surface area contributed by atoms with Crippen LogP contribution in [0.3, 0.4) is 0 Å². The van der Waals surface area contributed by atoms with E-state index in [4.69, 9.17) is 9.47 Å². The minimum Gasteiger partial charge on any atom is -0.497 e. The molecule has 1 aliphatic rings. The SMILES string of the molecule is COC(=O)c1cc(OC)ccc1NC(=O)c1ccc2c(c1)C(=O)N(c1cc(C)ccc1C)C2=O. The maximum atomic E-state index is 13.2. The van der Waals surface area contributed by atoms with Crippen molar-refractivity contribution in [1.82, 2.24) is 0 Å². The lowest BCUT2D eigenvalue weighted by Gasteiger charge is -2.17. The zero-order chi connectivity index (χ0) is 24.6. The first-order chi connectivity index (χ1) is 16.2. The summed E-state index contributed by atoms with van der Waals surface area (Å²) in [4.78, 5) is 52.4. The highest BCUT2D eigenvalue weighted by Crippen LogP contribution is 2.32. The lowest BCUT2D eigenvalue weighted by atomic mass is 10.0. The van der Waals surface area contributed by atoms with E-state index < -0.39 is 23.7 Å². The van der Waals surface area contributed by atoms with Crippen LogP contribution in [0.4, 0.5) is 11.4 Å². The van der Waals surface area contributed by atoms with Crippen LogP contribution in [0.5, 0.6) is 5.75 Å². The van der Waals surface area contributed by atoms with Crippen molar-refractivity contribution in [3.63, 3.8) is 0 Å². The maximum absolute atomic E-state index is 13.2. The summed E-state index contributed by atoms with van der Waals surface area (Å²) >= 11 is 0. The first-order valence-corrected chi connectivity index (χ1v) is 10.4. The fraction of sp³-hybridized carbons (Fsp3) is 0.154. The first-order valence-electron chi connectivity index (χ1n) is 10.4. The van der Waals surface area contributed by atoms with E-state index in [-0.39, 0.29) is 27.9 Å². The molecule has 0 radical (unpaired) electrons. The molecule has 3 amide bonds. The molecule has 4 rings (SSSR count). The highest BCUT2D eigenvalue weighted by Gasteiger charge is 2.38. The molecule has 3 aromatic rings. The van der Waals surface area contributed by atoms with E-state index >= 15 is 0 Å². The molecule has 0 saturated heterocycles. The van der Waals surface area contributed by atoms with E-state index in [9.17, 15) is 19.2 Å². The largest absolute Gasteiger partial charge is 0.497 e. The van der Waals surface area contributed by atoms with Crippen LogP contribution < -0.4 is 15.0 Å². The fourth-order valence-corrected chi connectivity index (χ4v) is 3.79. The molecule has 8 nitrogen and oxygen atoms in total. The molecule has 34 heavy (non-hydrogen) atoms. The van der Waals surface area contributed by atoms with Gasteiger partial charge in [-0.2, -0.15) is 0 Å². The molecule has 3 aromatic carbocycles. The number of nitrogens with zero attached hydrogens (tertiary/aromatic N) is 1. The van der Waals surface area contributed by atoms with Gasteiger partial charge in [-0.1, -0.05) is 12.1 Å². The number of imide groups is 1. The molecular weight excluding hydrogens is 436 g/mol. The Morgan fingerprint density at radius 3 is 2.29 bits per heavy atom. The number of esters is 1. The molecule has 0 atom stereocenters. The van der Waals surface area contributed by atoms with Crippen LogP contribution in [0.15, 0.2) is 54.6 Å². The molecule has 1 N–H and O–H groups in total. The first kappa shape index (κ1) is 22.7. The number of fused-ring (bicyclic) bond motifs is 1. The van der Waals surface area contributed by atoms with Crippen LogP contribution in [0.25, 0.3) is 0 Å². The van der Waals surface area contributed by atoms with Crippen molar-refractivity contribution in [3.05, 3.63) is 88.0 Å². The number of ether oxygens (including phenoxy) is 2. The predicted molar refractivity (Wildman–Crippen MR) is 126 cm³/mol. The smallest absolute Gasteiger partial charge is 0.340 e. The molecule has 0 unspecified atom stereocenters. The molecule has 1 aliphatic heterocycles. The van der Waals surface area contributed by atoms with Crippen molar-refractivity contribution >= 4 is 35.1 Å². The number of benzene rings is 3. The second-order valence-corrected chi connectivity index (χ2v) is 7.85. The number of anilines is 2. The van der Waals surface area contributed by atoms with Gasteiger partial charge < -0.3 is 14.8 Å². The Labute approximate surface area is 196 Å². The van der Waals surface area contributed by atoms with Crippen molar-refractivity contribution in [2.45, 2.75) is 13.8 Å². The van der Waals surface area contributed by atoms with Crippen molar-refractivity contribution in [1.29, 1.82) is 0 Å². The fourth-order valence-electron chi connectivity index (χ4n) is 3.79. The summed E-state index contributed by atoms with van der Waals surface area (Å²) in [6, 6.07) is 14.4. The summed E-state index contributed by atoms with van der Waals surface area (Å²) < 4.78 is 9.92. The van der Waals surface area contributed by atoms with Gasteiger partial charge in [-0.3, -0.25) is 14.4 Å². The molecule has 0 spiro atoms. The van der Waals surface area contributed by atoms with Gasteiger partial charge in [-0.15, -0.1) is 0 Å². The average molecular weight is 458 g/mol. The third-order valence-corrected chi connectivity index (χ3v) is 5.63. The van der Waals surface area contributed by atoms with Crippen LogP contribution in [0.1, 0.15) is 52.6 Å². The summed E-state index contributed by atoms with van der Waals surface area (Å²) in [5.74, 6) is -1.71. The number of amides is 3. The second kappa shape index (κ2) is 8.82. The Hall–Kier alpha value is -4.46. The molecule has 0 bridgehead atoms. The summed E-state index contributed by atoms with van der Waals surface area (Å²) in [7, 11) is 2.69. The van der Waals surface area contributed by atoms with Gasteiger partial charge in [0.25, 0.3) is 17.7 Å². The summed E-state index contributed by atoms with van der Waals surface area (Å²) in [5, 5.41) is 2.66. The van der Waals surface area contributed by atoms with Gasteiger partial charge in [0.05, 0.1) is 42.3 Å². The van der Waals surface area contributed by atoms with E-state index in [1.54, 1.807) is 12.1 Å². The minimum absolute atomic E-state index is 0.115. The van der Waals surface area contributed by atoms with E-state index in [1.165, 1.54) is 44.6 Å². The Kier molecular flexibility index (Phi) is 5.89. The summed E-state index contributed by atoms with van der Waals surface area (Å²) in [6.45, 7) is 3.70. The second-order valence-electron chi connectivity index (χ2n) is 7.85. The van der Waals surface area contributed by atoms with Gasteiger partial charge in [0.1, 0.15) is 5.75 Å². The minimum atomic E-state index is -0.645. The summed E-state index contributed by atoms with van der Waals surface area (Å²) in [6.07, 6.45) is 0. The Bertz CT molecular complexity index is 1360. The number of hydrogen-bond donors (Lipinski definition) is 1. The summed E-state index contributed by atoms with van der Waals surface area (Å²) in [5.41, 5.74) is 3.07. The predicted octanol–water partition coefficient (Wildman–Crippen LogP) is 4.15. The van der Waals surface area contributed by atoms with Crippen LogP contribution in [-0.2, 0) is 4.74 Å². The number of methoxy groups -OCH3 is 2. The van der Waals surface area contributed by atoms with Gasteiger partial charge in [0, 0.05) is 5.56 Å². The monoisotopic (exact) mass is 458 g/mol. The number of rotatable bonds is 5. The lowest BCUT2D eigenvalue weighted by molar-refractivity contribution is 0.0601. The van der Waals surface area contributed by atoms with Gasteiger partial charge in [0.2, 0.25) is 0 Å². The zero-order valence-corrected chi connectivity index (χ0v) is 19.1. The van der Waals surface area contributed by atoms with Crippen LogP contribution in [-0.4, -0.2) is 37.9 Å². The Morgan fingerprint density at radius 2 is 1.59 bits per heavy atom. The molecular formula is C26H22N2O6. The van der Waals surface area contributed by atoms with E-state index in [0.29, 0.717) is 11.4 Å². The molecule has 0 saturated carbocycles. The average Bonchev–Trinajstić information content (AvgIpc) is 3.09. The van der Waals surface area contributed by atoms with Crippen LogP contribution in [0, 0.1) is 13.8 Å². The van der Waals surface area contributed by atoms with Gasteiger partial charge in [0.15, 0.2) is 0 Å². The number of hydrogen-bond acceptors (Lipinski definition) is 6. The number of aryl methyl sites for hydroxylation is 2. The maximum Gasteiger partial charge on any atom is 0.340 e. The Morgan fingerprint density at radius 1 is 0.853 bits per heavy atom. The van der Waals surface area contributed by atoms with Crippen LogP contribution >= 0.6 is 0 Å². The highest BCUT2D eigenvalue weighted by atomic mass is 16.5. The van der Waals surface area contributed by atoms with E-state index in [1.807, 2.05) is 26.0 Å². The van der Waals surface area contributed by atoms with Crippen molar-refractivity contribution < 1.29 is 28.7 Å². The van der Waals surface area contributed by atoms with Crippen LogP contribution in [0.2, 0.25) is 0 Å². The number of carbonyl (C=O) groups excluding carboxylic acids is 4. The van der Waals surface area contributed by atoms with Gasteiger partial charge >= 0.3 is 5.97 Å². The topological polar surface area (TPSA) is 102 Å². The molecule has 0 aromatic heterocycles. The third-order valence-electron chi connectivity index (χ3n) is 5.63. The molecule has 0 aliphatic carbocycles. The highest BCUT2D eigenvalue weighted by molar-refractivity contribution is 6.35. The van der Waals surface area contributed by atoms with Gasteiger partial charge in [-0.05, 0) is 67.4 Å². The quantitative estimate of drug-likeness (QED) is 0.455. The van der Waals surface area contributed by atoms with Crippen molar-refractivity contribution in [2.75, 3.05) is 24.4 Å².